The van der Waals surface area contributed by atoms with Gasteiger partial charge in [-0.1, -0.05) is 30.3 Å². The minimum absolute atomic E-state index is 0.0845. The van der Waals surface area contributed by atoms with Gasteiger partial charge in [-0.05, 0) is 11.6 Å². The van der Waals surface area contributed by atoms with E-state index in [0.717, 1.165) is 16.0 Å². The number of thiophene rings is 1. The Bertz CT molecular complexity index is 681. The molecule has 19 heavy (non-hydrogen) atoms. The summed E-state index contributed by atoms with van der Waals surface area (Å²) in [5.41, 5.74) is 1.18. The van der Waals surface area contributed by atoms with E-state index in [0.29, 0.717) is 6.54 Å². The summed E-state index contributed by atoms with van der Waals surface area (Å²) in [7, 11) is 0. The average molecular weight is 271 g/mol. The molecule has 0 saturated carbocycles. The van der Waals surface area contributed by atoms with Crippen LogP contribution in [0.5, 0.6) is 0 Å². The minimum Gasteiger partial charge on any atom is -0.395 e. The van der Waals surface area contributed by atoms with Gasteiger partial charge < -0.3 is 10.4 Å². The van der Waals surface area contributed by atoms with Crippen LogP contribution in [0.2, 0.25) is 0 Å². The van der Waals surface area contributed by atoms with Gasteiger partial charge in [-0.25, -0.2) is 9.97 Å². The van der Waals surface area contributed by atoms with Gasteiger partial charge in [-0.3, -0.25) is 0 Å². The van der Waals surface area contributed by atoms with Crippen molar-refractivity contribution < 1.29 is 5.11 Å². The maximum atomic E-state index is 8.88. The second-order valence-corrected chi connectivity index (χ2v) is 5.10. The number of fused-ring (bicyclic) bond motifs is 1. The number of nitrogens with one attached hydrogen (secondary N) is 1. The molecule has 0 unspecified atom stereocenters. The van der Waals surface area contributed by atoms with Crippen molar-refractivity contribution in [3.05, 3.63) is 42.7 Å². The number of benzene rings is 1. The highest BCUT2D eigenvalue weighted by Gasteiger charge is 2.09. The molecule has 0 aliphatic rings. The first-order chi connectivity index (χ1) is 9.38. The van der Waals surface area contributed by atoms with Crippen LogP contribution >= 0.6 is 11.3 Å². The van der Waals surface area contributed by atoms with Gasteiger partial charge in [0.25, 0.3) is 0 Å². The Labute approximate surface area is 114 Å². The average Bonchev–Trinajstić information content (AvgIpc) is 2.90. The van der Waals surface area contributed by atoms with E-state index in [4.69, 9.17) is 5.11 Å². The van der Waals surface area contributed by atoms with Gasteiger partial charge in [0, 0.05) is 11.4 Å². The van der Waals surface area contributed by atoms with Gasteiger partial charge in [-0.15, -0.1) is 11.3 Å². The molecule has 2 aromatic heterocycles. The molecule has 0 saturated heterocycles. The molecule has 4 nitrogen and oxygen atoms in total. The van der Waals surface area contributed by atoms with E-state index in [2.05, 4.69) is 33.5 Å². The molecule has 1 aromatic carbocycles. The lowest BCUT2D eigenvalue weighted by Crippen LogP contribution is -2.07. The topological polar surface area (TPSA) is 58.0 Å². The molecule has 2 N–H and O–H groups in total. The number of aromatic nitrogens is 2. The Kier molecular flexibility index (Phi) is 3.39. The Hall–Kier alpha value is -1.98. The van der Waals surface area contributed by atoms with Crippen LogP contribution < -0.4 is 5.32 Å². The number of hydrogen-bond acceptors (Lipinski definition) is 5. The molecule has 0 amide bonds. The van der Waals surface area contributed by atoms with Crippen molar-refractivity contribution in [1.82, 2.24) is 9.97 Å². The molecule has 0 aliphatic carbocycles. The maximum absolute atomic E-state index is 8.88. The van der Waals surface area contributed by atoms with Crippen LogP contribution in [0.3, 0.4) is 0 Å². The number of aliphatic hydroxyl groups is 1. The lowest BCUT2D eigenvalue weighted by atomic mass is 10.2. The van der Waals surface area contributed by atoms with Crippen molar-refractivity contribution in [3.63, 3.8) is 0 Å². The van der Waals surface area contributed by atoms with E-state index in [1.54, 1.807) is 17.7 Å². The normalized spacial score (nSPS) is 10.8. The lowest BCUT2D eigenvalue weighted by molar-refractivity contribution is 0.311. The van der Waals surface area contributed by atoms with Gasteiger partial charge in [-0.2, -0.15) is 0 Å². The molecule has 0 fully saturated rings. The summed E-state index contributed by atoms with van der Waals surface area (Å²) in [5, 5.41) is 13.0. The molecule has 0 aliphatic heterocycles. The van der Waals surface area contributed by atoms with Crippen molar-refractivity contribution >= 4 is 27.4 Å². The summed E-state index contributed by atoms with van der Waals surface area (Å²) < 4.78 is 0. The first kappa shape index (κ1) is 12.1. The van der Waals surface area contributed by atoms with Crippen molar-refractivity contribution in [2.24, 2.45) is 0 Å². The van der Waals surface area contributed by atoms with Crippen LogP contribution in [0.15, 0.2) is 42.7 Å². The Morgan fingerprint density at radius 1 is 1.16 bits per heavy atom. The lowest BCUT2D eigenvalue weighted by Gasteiger charge is -2.02. The largest absolute Gasteiger partial charge is 0.395 e. The summed E-state index contributed by atoms with van der Waals surface area (Å²) in [5.74, 6) is 0.775. The van der Waals surface area contributed by atoms with Crippen LogP contribution in [-0.2, 0) is 0 Å². The third-order valence-electron chi connectivity index (χ3n) is 2.79. The van der Waals surface area contributed by atoms with E-state index in [9.17, 15) is 0 Å². The Morgan fingerprint density at radius 2 is 2.00 bits per heavy atom. The number of rotatable bonds is 4. The molecule has 2 heterocycles. The van der Waals surface area contributed by atoms with Gasteiger partial charge >= 0.3 is 0 Å². The third-order valence-corrected chi connectivity index (χ3v) is 3.88. The zero-order valence-electron chi connectivity index (χ0n) is 10.2. The van der Waals surface area contributed by atoms with E-state index < -0.39 is 0 Å². The van der Waals surface area contributed by atoms with E-state index in [1.807, 2.05) is 18.2 Å². The highest BCUT2D eigenvalue weighted by Crippen LogP contribution is 2.34. The summed E-state index contributed by atoms with van der Waals surface area (Å²) >= 11 is 1.64. The van der Waals surface area contributed by atoms with Gasteiger partial charge in [0.2, 0.25) is 0 Å². The van der Waals surface area contributed by atoms with Crippen molar-refractivity contribution in [3.8, 4) is 10.4 Å². The number of aliphatic hydroxyl groups excluding tert-OH is 1. The number of anilines is 1. The molecule has 0 spiro atoms. The molecule has 3 aromatic rings. The predicted molar refractivity (Wildman–Crippen MR) is 78.4 cm³/mol. The molecule has 0 atom stereocenters. The van der Waals surface area contributed by atoms with Gasteiger partial charge in [0.1, 0.15) is 17.0 Å². The fraction of sp³-hybridized carbons (Fsp3) is 0.143. The minimum atomic E-state index is 0.0845. The molecule has 96 valence electrons. The standard InChI is InChI=1S/C14H13N3OS/c18-7-6-15-13-11-8-12(10-4-2-1-3-5-10)19-14(11)17-9-16-13/h1-5,8-9,18H,6-7H2,(H,15,16,17). The molecule has 3 rings (SSSR count). The number of hydrogen-bond donors (Lipinski definition) is 2. The monoisotopic (exact) mass is 271 g/mol. The van der Waals surface area contributed by atoms with Crippen molar-refractivity contribution in [2.75, 3.05) is 18.5 Å². The van der Waals surface area contributed by atoms with Crippen molar-refractivity contribution in [2.45, 2.75) is 0 Å². The Morgan fingerprint density at radius 3 is 2.79 bits per heavy atom. The van der Waals surface area contributed by atoms with E-state index in [-0.39, 0.29) is 6.61 Å². The van der Waals surface area contributed by atoms with Crippen LogP contribution in [0.25, 0.3) is 20.7 Å². The quantitative estimate of drug-likeness (QED) is 0.766. The summed E-state index contributed by atoms with van der Waals surface area (Å²) in [6.07, 6.45) is 1.55. The molecular weight excluding hydrogens is 258 g/mol. The van der Waals surface area contributed by atoms with Crippen molar-refractivity contribution in [1.29, 1.82) is 0 Å². The van der Waals surface area contributed by atoms with Crippen LogP contribution in [-0.4, -0.2) is 28.2 Å². The number of nitrogens with zero attached hydrogens (tertiary/aromatic N) is 2. The van der Waals surface area contributed by atoms with Crippen LogP contribution in [0.1, 0.15) is 0 Å². The third kappa shape index (κ3) is 2.43. The van der Waals surface area contributed by atoms with Gasteiger partial charge in [0.15, 0.2) is 0 Å². The SMILES string of the molecule is OCCNc1ncnc2sc(-c3ccccc3)cc12. The first-order valence-corrected chi connectivity index (χ1v) is 6.85. The summed E-state index contributed by atoms with van der Waals surface area (Å²) in [6.45, 7) is 0.573. The highest BCUT2D eigenvalue weighted by atomic mass is 32.1. The smallest absolute Gasteiger partial charge is 0.138 e. The molecule has 0 bridgehead atoms. The zero-order valence-corrected chi connectivity index (χ0v) is 11.0. The fourth-order valence-electron chi connectivity index (χ4n) is 1.92. The van der Waals surface area contributed by atoms with Crippen LogP contribution in [0, 0.1) is 0 Å². The van der Waals surface area contributed by atoms with Crippen LogP contribution in [0.4, 0.5) is 5.82 Å². The Balaban J connectivity index is 2.05. The summed E-state index contributed by atoms with van der Waals surface area (Å²) in [6, 6.07) is 12.3. The van der Waals surface area contributed by atoms with Gasteiger partial charge in [0.05, 0.1) is 12.0 Å². The first-order valence-electron chi connectivity index (χ1n) is 6.03. The molecular formula is C14H13N3OS. The fourth-order valence-corrected chi connectivity index (χ4v) is 2.92. The highest BCUT2D eigenvalue weighted by molar-refractivity contribution is 7.21. The zero-order chi connectivity index (χ0) is 13.1. The molecule has 5 heteroatoms. The van der Waals surface area contributed by atoms with E-state index in [1.165, 1.54) is 10.4 Å². The maximum Gasteiger partial charge on any atom is 0.138 e. The summed E-state index contributed by atoms with van der Waals surface area (Å²) in [4.78, 5) is 10.6. The predicted octanol–water partition coefficient (Wildman–Crippen LogP) is 2.76. The van der Waals surface area contributed by atoms with E-state index >= 15 is 0 Å². The second-order valence-electron chi connectivity index (χ2n) is 4.07. The molecule has 0 radical (unpaired) electrons. The second kappa shape index (κ2) is 5.34.